The Morgan fingerprint density at radius 3 is 2.71 bits per heavy atom. The molecule has 0 N–H and O–H groups in total. The van der Waals surface area contributed by atoms with Crippen LogP contribution in [0, 0.1) is 17.0 Å². The van der Waals surface area contributed by atoms with Gasteiger partial charge in [0, 0.05) is 24.9 Å². The third kappa shape index (κ3) is 3.89. The first-order chi connectivity index (χ1) is 10.1. The molecule has 0 amide bonds. The minimum atomic E-state index is -0.524. The van der Waals surface area contributed by atoms with Crippen LogP contribution < -0.4 is 5.11 Å². The number of benzene rings is 2. The second-order valence-corrected chi connectivity index (χ2v) is 4.69. The maximum Gasteiger partial charge on any atom is 0.270 e. The van der Waals surface area contributed by atoms with Crippen LogP contribution in [0.15, 0.2) is 47.5 Å². The summed E-state index contributed by atoms with van der Waals surface area (Å²) in [7, 11) is 0. The molecule has 0 bridgehead atoms. The van der Waals surface area contributed by atoms with Crippen LogP contribution >= 0.6 is 0 Å². The minimum Gasteiger partial charge on any atom is -0.872 e. The highest BCUT2D eigenvalue weighted by atomic mass is 16.6. The highest BCUT2D eigenvalue weighted by Gasteiger charge is 2.05. The van der Waals surface area contributed by atoms with Crippen LogP contribution in [0.5, 0.6) is 5.75 Å². The lowest BCUT2D eigenvalue weighted by molar-refractivity contribution is -0.385. The molecular weight excluding hydrogens is 268 g/mol. The van der Waals surface area contributed by atoms with Crippen LogP contribution in [0.25, 0.3) is 0 Å². The van der Waals surface area contributed by atoms with E-state index in [1.54, 1.807) is 0 Å². The molecule has 21 heavy (non-hydrogen) atoms. The average Bonchev–Trinajstić information content (AvgIpc) is 2.46. The standard InChI is InChI=1S/C16H16N2O3/c1-12-4-2-3-5-13(12)8-9-17-11-14-10-15(18(20)21)6-7-16(14)19/h2-7,10-11,19H,8-9H2,1H3/p-1. The second kappa shape index (κ2) is 6.65. The molecule has 0 spiro atoms. The molecule has 0 heterocycles. The predicted octanol–water partition coefficient (Wildman–Crippen LogP) is 2.64. The molecule has 0 aromatic heterocycles. The summed E-state index contributed by atoms with van der Waals surface area (Å²) >= 11 is 0. The Labute approximate surface area is 122 Å². The zero-order chi connectivity index (χ0) is 15.2. The van der Waals surface area contributed by atoms with Crippen molar-refractivity contribution < 1.29 is 10.0 Å². The van der Waals surface area contributed by atoms with Crippen LogP contribution in [-0.2, 0) is 6.42 Å². The van der Waals surface area contributed by atoms with E-state index in [0.717, 1.165) is 6.42 Å². The number of nitro benzene ring substituents is 1. The molecule has 0 atom stereocenters. The molecule has 0 unspecified atom stereocenters. The lowest BCUT2D eigenvalue weighted by Crippen LogP contribution is -1.99. The molecule has 2 aromatic carbocycles. The highest BCUT2D eigenvalue weighted by Crippen LogP contribution is 2.19. The van der Waals surface area contributed by atoms with Gasteiger partial charge in [-0.15, -0.1) is 0 Å². The normalized spacial score (nSPS) is 10.9. The molecule has 5 heteroatoms. The summed E-state index contributed by atoms with van der Waals surface area (Å²) in [6.45, 7) is 2.57. The fourth-order valence-electron chi connectivity index (χ4n) is 1.99. The first-order valence-electron chi connectivity index (χ1n) is 6.57. The average molecular weight is 283 g/mol. The van der Waals surface area contributed by atoms with E-state index in [2.05, 4.69) is 4.99 Å². The van der Waals surface area contributed by atoms with E-state index in [1.807, 2.05) is 31.2 Å². The van der Waals surface area contributed by atoms with Gasteiger partial charge in [0.15, 0.2) is 0 Å². The van der Waals surface area contributed by atoms with E-state index in [4.69, 9.17) is 0 Å². The van der Waals surface area contributed by atoms with Gasteiger partial charge < -0.3 is 5.11 Å². The number of hydrogen-bond donors (Lipinski definition) is 0. The molecule has 0 aliphatic carbocycles. The lowest BCUT2D eigenvalue weighted by Gasteiger charge is -2.08. The lowest BCUT2D eigenvalue weighted by atomic mass is 10.1. The Morgan fingerprint density at radius 1 is 1.24 bits per heavy atom. The molecule has 108 valence electrons. The first-order valence-corrected chi connectivity index (χ1v) is 6.57. The summed E-state index contributed by atoms with van der Waals surface area (Å²) in [5.41, 5.74) is 2.55. The number of hydrogen-bond acceptors (Lipinski definition) is 4. The SMILES string of the molecule is Cc1ccccc1CCN=Cc1cc([N+](=O)[O-])ccc1[O-]. The number of aryl methyl sites for hydroxylation is 1. The first kappa shape index (κ1) is 14.7. The number of nitrogens with zero attached hydrogens (tertiary/aromatic N) is 2. The van der Waals surface area contributed by atoms with Gasteiger partial charge >= 0.3 is 0 Å². The topological polar surface area (TPSA) is 78.6 Å². The third-order valence-electron chi connectivity index (χ3n) is 3.21. The van der Waals surface area contributed by atoms with Crippen LogP contribution in [0.3, 0.4) is 0 Å². The maximum atomic E-state index is 11.6. The van der Waals surface area contributed by atoms with Crippen molar-refractivity contribution >= 4 is 11.9 Å². The molecule has 2 rings (SSSR count). The van der Waals surface area contributed by atoms with E-state index < -0.39 is 4.92 Å². The largest absolute Gasteiger partial charge is 0.872 e. The zero-order valence-electron chi connectivity index (χ0n) is 11.7. The predicted molar refractivity (Wildman–Crippen MR) is 79.9 cm³/mol. The van der Waals surface area contributed by atoms with Crippen molar-refractivity contribution in [1.82, 2.24) is 0 Å². The molecule has 0 saturated carbocycles. The summed E-state index contributed by atoms with van der Waals surface area (Å²) in [6, 6.07) is 11.7. The van der Waals surface area contributed by atoms with E-state index >= 15 is 0 Å². The van der Waals surface area contributed by atoms with Crippen LogP contribution in [-0.4, -0.2) is 17.7 Å². The van der Waals surface area contributed by atoms with Gasteiger partial charge in [-0.3, -0.25) is 15.1 Å². The summed E-state index contributed by atoms with van der Waals surface area (Å²) in [5, 5.41) is 22.3. The van der Waals surface area contributed by atoms with E-state index in [-0.39, 0.29) is 17.0 Å². The Morgan fingerprint density at radius 2 is 2.00 bits per heavy atom. The van der Waals surface area contributed by atoms with E-state index in [9.17, 15) is 15.2 Å². The molecule has 0 aliphatic rings. The van der Waals surface area contributed by atoms with E-state index in [1.165, 1.54) is 35.5 Å². The smallest absolute Gasteiger partial charge is 0.270 e. The maximum absolute atomic E-state index is 11.6. The number of nitro groups is 1. The quantitative estimate of drug-likeness (QED) is 0.480. The van der Waals surface area contributed by atoms with Crippen LogP contribution in [0.1, 0.15) is 16.7 Å². The van der Waals surface area contributed by atoms with E-state index in [0.29, 0.717) is 6.54 Å². The van der Waals surface area contributed by atoms with Crippen molar-refractivity contribution in [3.63, 3.8) is 0 Å². The summed E-state index contributed by atoms with van der Waals surface area (Å²) in [4.78, 5) is 14.3. The van der Waals surface area contributed by atoms with Gasteiger partial charge in [-0.05, 0) is 30.0 Å². The van der Waals surface area contributed by atoms with Gasteiger partial charge in [0.05, 0.1) is 4.92 Å². The van der Waals surface area contributed by atoms with Gasteiger partial charge in [-0.2, -0.15) is 0 Å². The minimum absolute atomic E-state index is 0.102. The van der Waals surface area contributed by atoms with Crippen molar-refractivity contribution in [3.8, 4) is 5.75 Å². The van der Waals surface area contributed by atoms with Gasteiger partial charge in [0.1, 0.15) is 0 Å². The van der Waals surface area contributed by atoms with Crippen molar-refractivity contribution in [2.75, 3.05) is 6.54 Å². The molecule has 0 aliphatic heterocycles. The number of aliphatic imine (C=N–C) groups is 1. The van der Waals surface area contributed by atoms with Gasteiger partial charge in [-0.25, -0.2) is 0 Å². The Kier molecular flexibility index (Phi) is 4.66. The van der Waals surface area contributed by atoms with Crippen LogP contribution in [0.4, 0.5) is 5.69 Å². The van der Waals surface area contributed by atoms with Gasteiger partial charge in [-0.1, -0.05) is 36.1 Å². The summed E-state index contributed by atoms with van der Waals surface area (Å²) in [6.07, 6.45) is 2.18. The summed E-state index contributed by atoms with van der Waals surface area (Å²) in [5.74, 6) is -0.264. The Bertz CT molecular complexity index is 681. The fourth-order valence-corrected chi connectivity index (χ4v) is 1.99. The number of rotatable bonds is 5. The Balaban J connectivity index is 2.03. The molecule has 0 fully saturated rings. The molecule has 0 saturated heterocycles. The third-order valence-corrected chi connectivity index (χ3v) is 3.21. The van der Waals surface area contributed by atoms with Crippen molar-refractivity contribution in [3.05, 3.63) is 69.3 Å². The molecule has 5 nitrogen and oxygen atoms in total. The second-order valence-electron chi connectivity index (χ2n) is 4.69. The van der Waals surface area contributed by atoms with Gasteiger partial charge in [0.2, 0.25) is 0 Å². The molecule has 2 aromatic rings. The summed E-state index contributed by atoms with van der Waals surface area (Å²) < 4.78 is 0. The number of non-ortho nitro benzene ring substituents is 1. The molecular formula is C16H15N2O3-. The fraction of sp³-hybridized carbons (Fsp3) is 0.188. The highest BCUT2D eigenvalue weighted by molar-refractivity contribution is 5.84. The van der Waals surface area contributed by atoms with Crippen molar-refractivity contribution in [2.24, 2.45) is 4.99 Å². The van der Waals surface area contributed by atoms with Crippen molar-refractivity contribution in [2.45, 2.75) is 13.3 Å². The monoisotopic (exact) mass is 283 g/mol. The zero-order valence-corrected chi connectivity index (χ0v) is 11.7. The van der Waals surface area contributed by atoms with Crippen LogP contribution in [0.2, 0.25) is 0 Å². The Hall–Kier alpha value is -2.69. The van der Waals surface area contributed by atoms with Gasteiger partial charge in [0.25, 0.3) is 5.69 Å². The van der Waals surface area contributed by atoms with Crippen molar-refractivity contribution in [1.29, 1.82) is 0 Å². The molecule has 0 radical (unpaired) electrons.